The number of aliphatic hydroxyl groups is 1. The van der Waals surface area contributed by atoms with E-state index in [0.29, 0.717) is 17.4 Å². The van der Waals surface area contributed by atoms with E-state index in [4.69, 9.17) is 21.4 Å². The molecule has 2 N–H and O–H groups in total. The van der Waals surface area contributed by atoms with Crippen LogP contribution in [0.5, 0.6) is 5.75 Å². The Bertz CT molecular complexity index is 502. The van der Waals surface area contributed by atoms with Crippen molar-refractivity contribution in [3.05, 3.63) is 23.2 Å². The van der Waals surface area contributed by atoms with Crippen molar-refractivity contribution in [3.63, 3.8) is 0 Å². The first-order valence-electron chi connectivity index (χ1n) is 5.47. The van der Waals surface area contributed by atoms with Gasteiger partial charge >= 0.3 is 0 Å². The van der Waals surface area contributed by atoms with Gasteiger partial charge in [0.05, 0.1) is 22.6 Å². The van der Waals surface area contributed by atoms with Crippen molar-refractivity contribution in [1.82, 2.24) is 4.72 Å². The summed E-state index contributed by atoms with van der Waals surface area (Å²) in [6, 6.07) is 4.20. The van der Waals surface area contributed by atoms with Gasteiger partial charge in [0.1, 0.15) is 5.75 Å². The zero-order valence-electron chi connectivity index (χ0n) is 10.2. The van der Waals surface area contributed by atoms with E-state index in [1.54, 1.807) is 6.92 Å². The molecule has 0 fully saturated rings. The Morgan fingerprint density at radius 3 is 2.72 bits per heavy atom. The minimum Gasteiger partial charge on any atom is -0.492 e. The molecule has 0 radical (unpaired) electrons. The fourth-order valence-corrected chi connectivity index (χ4v) is 2.54. The van der Waals surface area contributed by atoms with E-state index in [2.05, 4.69) is 4.72 Å². The molecule has 0 aromatic heterocycles. The summed E-state index contributed by atoms with van der Waals surface area (Å²) in [5.41, 5.74) is 0. The fourth-order valence-electron chi connectivity index (χ4n) is 1.23. The Hall–Kier alpha value is -0.820. The zero-order chi connectivity index (χ0) is 13.8. The van der Waals surface area contributed by atoms with Gasteiger partial charge in [0, 0.05) is 12.6 Å². The summed E-state index contributed by atoms with van der Waals surface area (Å²) in [4.78, 5) is 0.0519. The number of nitrogens with one attached hydrogen (secondary N) is 1. The molecule has 0 saturated carbocycles. The molecule has 102 valence electrons. The van der Waals surface area contributed by atoms with Gasteiger partial charge in [0.2, 0.25) is 10.0 Å². The van der Waals surface area contributed by atoms with E-state index in [9.17, 15) is 8.42 Å². The topological polar surface area (TPSA) is 75.6 Å². The highest BCUT2D eigenvalue weighted by Gasteiger charge is 2.16. The van der Waals surface area contributed by atoms with E-state index in [0.717, 1.165) is 0 Å². The van der Waals surface area contributed by atoms with Gasteiger partial charge in [-0.1, -0.05) is 11.6 Å². The van der Waals surface area contributed by atoms with Crippen LogP contribution in [-0.4, -0.2) is 32.8 Å². The Morgan fingerprint density at radius 1 is 1.50 bits per heavy atom. The highest BCUT2D eigenvalue weighted by atomic mass is 35.5. The molecule has 1 atom stereocenters. The molecule has 0 spiro atoms. The molecule has 5 nitrogen and oxygen atoms in total. The molecule has 0 unspecified atom stereocenters. The molecule has 0 aliphatic carbocycles. The lowest BCUT2D eigenvalue weighted by Gasteiger charge is -2.11. The predicted molar refractivity (Wildman–Crippen MR) is 69.5 cm³/mol. The SMILES string of the molecule is CCOc1cc(S(=O)(=O)NC[C@@H](C)O)ccc1Cl. The molecule has 0 amide bonds. The van der Waals surface area contributed by atoms with Gasteiger partial charge in [-0.05, 0) is 26.0 Å². The molecule has 1 rings (SSSR count). The second-order valence-electron chi connectivity index (χ2n) is 3.73. The number of ether oxygens (including phenoxy) is 1. The molecule has 0 aliphatic heterocycles. The second kappa shape index (κ2) is 6.38. The third kappa shape index (κ3) is 4.13. The summed E-state index contributed by atoms with van der Waals surface area (Å²) in [6.07, 6.45) is -0.751. The van der Waals surface area contributed by atoms with Gasteiger partial charge in [-0.15, -0.1) is 0 Å². The van der Waals surface area contributed by atoms with Crippen LogP contribution in [0, 0.1) is 0 Å². The molecule has 18 heavy (non-hydrogen) atoms. The lowest BCUT2D eigenvalue weighted by atomic mass is 10.3. The molecule has 0 heterocycles. The van der Waals surface area contributed by atoms with Crippen LogP contribution in [0.3, 0.4) is 0 Å². The van der Waals surface area contributed by atoms with Crippen molar-refractivity contribution in [1.29, 1.82) is 0 Å². The van der Waals surface area contributed by atoms with Crippen molar-refractivity contribution < 1.29 is 18.3 Å². The van der Waals surface area contributed by atoms with Crippen LogP contribution < -0.4 is 9.46 Å². The Kier molecular flexibility index (Phi) is 5.40. The summed E-state index contributed by atoms with van der Waals surface area (Å²) < 4.78 is 31.3. The smallest absolute Gasteiger partial charge is 0.240 e. The Labute approximate surface area is 112 Å². The maximum Gasteiger partial charge on any atom is 0.240 e. The maximum absolute atomic E-state index is 11.9. The minimum atomic E-state index is -3.66. The third-order valence-corrected chi connectivity index (χ3v) is 3.82. The van der Waals surface area contributed by atoms with E-state index in [1.165, 1.54) is 25.1 Å². The molecule has 1 aromatic carbocycles. The highest BCUT2D eigenvalue weighted by Crippen LogP contribution is 2.27. The van der Waals surface area contributed by atoms with Crippen LogP contribution in [0.4, 0.5) is 0 Å². The molecule has 0 bridgehead atoms. The lowest BCUT2D eigenvalue weighted by Crippen LogP contribution is -2.30. The average Bonchev–Trinajstić information content (AvgIpc) is 2.29. The van der Waals surface area contributed by atoms with E-state index >= 15 is 0 Å². The summed E-state index contributed by atoms with van der Waals surface area (Å²) in [5.74, 6) is 0.319. The number of rotatable bonds is 6. The number of hydrogen-bond acceptors (Lipinski definition) is 4. The normalized spacial score (nSPS) is 13.3. The van der Waals surface area contributed by atoms with Crippen LogP contribution >= 0.6 is 11.6 Å². The minimum absolute atomic E-state index is 0.0467. The maximum atomic E-state index is 11.9. The largest absolute Gasteiger partial charge is 0.492 e. The molecule has 0 aliphatic rings. The van der Waals surface area contributed by atoms with Crippen LogP contribution in [0.2, 0.25) is 5.02 Å². The standard InChI is InChI=1S/C11H16ClNO4S/c1-3-17-11-6-9(4-5-10(11)12)18(15,16)13-7-8(2)14/h4-6,8,13-14H,3,7H2,1-2H3/t8-/m1/s1. The summed E-state index contributed by atoms with van der Waals surface area (Å²) >= 11 is 5.87. The highest BCUT2D eigenvalue weighted by molar-refractivity contribution is 7.89. The monoisotopic (exact) mass is 293 g/mol. The average molecular weight is 294 g/mol. The predicted octanol–water partition coefficient (Wildman–Crippen LogP) is 1.40. The van der Waals surface area contributed by atoms with Gasteiger partial charge in [-0.25, -0.2) is 13.1 Å². The van der Waals surface area contributed by atoms with Crippen molar-refractivity contribution in [2.24, 2.45) is 0 Å². The van der Waals surface area contributed by atoms with Crippen molar-refractivity contribution >= 4 is 21.6 Å². The first-order valence-corrected chi connectivity index (χ1v) is 7.33. The lowest BCUT2D eigenvalue weighted by molar-refractivity contribution is 0.198. The van der Waals surface area contributed by atoms with Crippen molar-refractivity contribution in [2.45, 2.75) is 24.8 Å². The van der Waals surface area contributed by atoms with Crippen LogP contribution in [0.25, 0.3) is 0 Å². The first kappa shape index (κ1) is 15.2. The number of halogens is 1. The van der Waals surface area contributed by atoms with Crippen molar-refractivity contribution in [2.75, 3.05) is 13.2 Å². The Morgan fingerprint density at radius 2 is 2.17 bits per heavy atom. The molecule has 0 saturated heterocycles. The van der Waals surface area contributed by atoms with Crippen LogP contribution in [0.1, 0.15) is 13.8 Å². The Balaban J connectivity index is 2.98. The van der Waals surface area contributed by atoms with Gasteiger partial charge in [0.25, 0.3) is 0 Å². The van der Waals surface area contributed by atoms with Gasteiger partial charge < -0.3 is 9.84 Å². The number of benzene rings is 1. The third-order valence-electron chi connectivity index (χ3n) is 2.08. The van der Waals surface area contributed by atoms with E-state index < -0.39 is 16.1 Å². The number of sulfonamides is 1. The first-order chi connectivity index (χ1) is 8.36. The quantitative estimate of drug-likeness (QED) is 0.831. The molecule has 7 heteroatoms. The number of hydrogen-bond donors (Lipinski definition) is 2. The van der Waals surface area contributed by atoms with E-state index in [1.807, 2.05) is 0 Å². The van der Waals surface area contributed by atoms with Gasteiger partial charge in [-0.2, -0.15) is 0 Å². The van der Waals surface area contributed by atoms with E-state index in [-0.39, 0.29) is 11.4 Å². The van der Waals surface area contributed by atoms with Gasteiger partial charge in [0.15, 0.2) is 0 Å². The molecule has 1 aromatic rings. The number of aliphatic hydroxyl groups excluding tert-OH is 1. The summed E-state index contributed by atoms with van der Waals surface area (Å²) in [7, 11) is -3.66. The molecular weight excluding hydrogens is 278 g/mol. The fraction of sp³-hybridized carbons (Fsp3) is 0.455. The van der Waals surface area contributed by atoms with Crippen LogP contribution in [0.15, 0.2) is 23.1 Å². The summed E-state index contributed by atoms with van der Waals surface area (Å²) in [5, 5.41) is 9.43. The van der Waals surface area contributed by atoms with Crippen molar-refractivity contribution in [3.8, 4) is 5.75 Å². The summed E-state index contributed by atoms with van der Waals surface area (Å²) in [6.45, 7) is 3.62. The second-order valence-corrected chi connectivity index (χ2v) is 5.90. The van der Waals surface area contributed by atoms with Gasteiger partial charge in [-0.3, -0.25) is 0 Å². The van der Waals surface area contributed by atoms with Crippen LogP contribution in [-0.2, 0) is 10.0 Å². The molecular formula is C11H16ClNO4S. The zero-order valence-corrected chi connectivity index (χ0v) is 11.8.